The van der Waals surface area contributed by atoms with Crippen molar-refractivity contribution in [3.8, 4) is 0 Å². The highest BCUT2D eigenvalue weighted by Gasteiger charge is 1.73. The molecule has 36 valence electrons. The maximum absolute atomic E-state index is 7.07. The average Bonchev–Trinajstić information content (AvgIpc) is 1.80. The fourth-order valence-corrected chi connectivity index (χ4v) is 0.357. The van der Waals surface area contributed by atoms with Gasteiger partial charge >= 0.3 is 0 Å². The van der Waals surface area contributed by atoms with E-state index in [0.717, 1.165) is 5.69 Å². The molecule has 1 aromatic heterocycles. The van der Waals surface area contributed by atoms with Gasteiger partial charge in [-0.05, 0) is 19.0 Å². The zero-order chi connectivity index (χ0) is 6.85. The zero-order valence-electron chi connectivity index (χ0n) is 6.10. The molecule has 0 aliphatic heterocycles. The number of rotatable bonds is 0. The molecule has 0 N–H and O–H groups in total. The molecule has 0 saturated carbocycles. The predicted molar refractivity (Wildman–Crippen MR) is 29.0 cm³/mol. The Kier molecular flexibility index (Phi) is 0.609. The van der Waals surface area contributed by atoms with Crippen LogP contribution in [0.4, 0.5) is 0 Å². The van der Waals surface area contributed by atoms with Crippen molar-refractivity contribution >= 4 is 0 Å². The van der Waals surface area contributed by atoms with Crippen LogP contribution in [0.15, 0.2) is 24.3 Å². The molecule has 0 aliphatic carbocycles. The summed E-state index contributed by atoms with van der Waals surface area (Å²) in [4.78, 5) is 3.75. The normalized spacial score (nSPS) is 12.7. The summed E-state index contributed by atoms with van der Waals surface area (Å²) in [6.07, 6.45) is 0.0509. The molecule has 0 aromatic carbocycles. The highest BCUT2D eigenvalue weighted by atomic mass is 14.6. The molecule has 0 radical (unpaired) electrons. The summed E-state index contributed by atoms with van der Waals surface area (Å²) in [7, 11) is 0. The zero-order valence-corrected chi connectivity index (χ0v) is 4.10. The van der Waals surface area contributed by atoms with Gasteiger partial charge in [-0.15, -0.1) is 0 Å². The summed E-state index contributed by atoms with van der Waals surface area (Å²) >= 11 is 0. The second-order valence-electron chi connectivity index (χ2n) is 1.34. The van der Waals surface area contributed by atoms with Crippen LogP contribution in [0, 0.1) is 6.92 Å². The Hall–Kier alpha value is -0.850. The molecule has 0 aliphatic rings. The van der Waals surface area contributed by atoms with E-state index in [0.29, 0.717) is 0 Å². The SMILES string of the molecule is [2H]c1ccc(C)nc1[2H]. The molecule has 7 heavy (non-hydrogen) atoms. The van der Waals surface area contributed by atoms with Crippen molar-refractivity contribution in [1.82, 2.24) is 4.98 Å². The smallest absolute Gasteiger partial charge is 0.0840 e. The van der Waals surface area contributed by atoms with Crippen LogP contribution in [0.2, 0.25) is 0 Å². The maximum Gasteiger partial charge on any atom is 0.0840 e. The van der Waals surface area contributed by atoms with E-state index in [1.54, 1.807) is 19.1 Å². The monoisotopic (exact) mass is 95.1 g/mol. The highest BCUT2D eigenvalue weighted by molar-refractivity contribution is 4.99. The van der Waals surface area contributed by atoms with Gasteiger partial charge in [-0.3, -0.25) is 4.98 Å². The summed E-state index contributed by atoms with van der Waals surface area (Å²) in [5, 5.41) is 0. The summed E-state index contributed by atoms with van der Waals surface area (Å²) in [5.41, 5.74) is 0.788. The van der Waals surface area contributed by atoms with Crippen molar-refractivity contribution in [2.24, 2.45) is 0 Å². The van der Waals surface area contributed by atoms with Crippen LogP contribution in [0.3, 0.4) is 0 Å². The molecular formula is C6H7N. The van der Waals surface area contributed by atoms with Crippen LogP contribution >= 0.6 is 0 Å². The summed E-state index contributed by atoms with van der Waals surface area (Å²) in [6.45, 7) is 1.80. The predicted octanol–water partition coefficient (Wildman–Crippen LogP) is 1.39. The van der Waals surface area contributed by atoms with Gasteiger partial charge in [0.15, 0.2) is 0 Å². The van der Waals surface area contributed by atoms with Gasteiger partial charge in [0.1, 0.15) is 0 Å². The molecule has 0 saturated heterocycles. The Morgan fingerprint density at radius 2 is 2.71 bits per heavy atom. The van der Waals surface area contributed by atoms with E-state index >= 15 is 0 Å². The average molecular weight is 95.1 g/mol. The minimum Gasteiger partial charge on any atom is -0.262 e. The Morgan fingerprint density at radius 1 is 1.86 bits per heavy atom. The summed E-state index contributed by atoms with van der Waals surface area (Å²) < 4.78 is 14.1. The van der Waals surface area contributed by atoms with Crippen molar-refractivity contribution in [2.75, 3.05) is 0 Å². The molecule has 0 spiro atoms. The highest BCUT2D eigenvalue weighted by Crippen LogP contribution is 1.85. The number of pyridine rings is 1. The first kappa shape index (κ1) is 2.46. The van der Waals surface area contributed by atoms with Crippen molar-refractivity contribution in [2.45, 2.75) is 6.92 Å². The quantitative estimate of drug-likeness (QED) is 0.474. The Morgan fingerprint density at radius 3 is 3.29 bits per heavy atom. The molecule has 1 heteroatoms. The fourth-order valence-electron chi connectivity index (χ4n) is 0.357. The van der Waals surface area contributed by atoms with Gasteiger partial charge in [-0.2, -0.15) is 0 Å². The maximum atomic E-state index is 7.07. The molecule has 0 amide bonds. The minimum atomic E-state index is 0.0509. The van der Waals surface area contributed by atoms with Gasteiger partial charge in [0.25, 0.3) is 0 Å². The topological polar surface area (TPSA) is 12.9 Å². The lowest BCUT2D eigenvalue weighted by molar-refractivity contribution is 1.20. The van der Waals surface area contributed by atoms with Gasteiger partial charge in [-0.25, -0.2) is 0 Å². The van der Waals surface area contributed by atoms with Gasteiger partial charge in [-0.1, -0.05) is 6.07 Å². The lowest BCUT2D eigenvalue weighted by Gasteiger charge is -1.82. The molecule has 0 fully saturated rings. The first-order chi connectivity index (χ1) is 4.20. The first-order valence-electron chi connectivity index (χ1n) is 3.11. The van der Waals surface area contributed by atoms with E-state index in [2.05, 4.69) is 4.98 Å². The fraction of sp³-hybridized carbons (Fsp3) is 0.167. The third-order valence-corrected chi connectivity index (χ3v) is 0.705. The Labute approximate surface area is 45.8 Å². The first-order valence-corrected chi connectivity index (χ1v) is 2.11. The number of nitrogens with zero attached hydrogens (tertiary/aromatic N) is 1. The molecule has 1 rings (SSSR count). The van der Waals surface area contributed by atoms with Crippen LogP contribution < -0.4 is 0 Å². The van der Waals surface area contributed by atoms with Crippen molar-refractivity contribution in [3.05, 3.63) is 30.0 Å². The van der Waals surface area contributed by atoms with Crippen LogP contribution in [0.25, 0.3) is 0 Å². The lowest BCUT2D eigenvalue weighted by Crippen LogP contribution is -1.72. The van der Waals surface area contributed by atoms with Crippen LogP contribution in [-0.2, 0) is 0 Å². The molecule has 1 nitrogen and oxygen atoms in total. The molecule has 0 unspecified atom stereocenters. The van der Waals surface area contributed by atoms with E-state index in [9.17, 15) is 0 Å². The van der Waals surface area contributed by atoms with Gasteiger partial charge in [0.2, 0.25) is 0 Å². The second-order valence-corrected chi connectivity index (χ2v) is 1.34. The number of hydrogen-bond acceptors (Lipinski definition) is 1. The largest absolute Gasteiger partial charge is 0.262 e. The molecule has 0 bridgehead atoms. The summed E-state index contributed by atoms with van der Waals surface area (Å²) in [5.74, 6) is 0. The van der Waals surface area contributed by atoms with Crippen LogP contribution in [0.5, 0.6) is 0 Å². The number of aryl methyl sites for hydroxylation is 1. The molecule has 0 atom stereocenters. The van der Waals surface area contributed by atoms with Gasteiger partial charge in [0, 0.05) is 11.9 Å². The Balaban J connectivity index is 3.17. The molecule has 1 heterocycles. The molecular weight excluding hydrogens is 86.1 g/mol. The number of hydrogen-bond donors (Lipinski definition) is 0. The molecule has 1 aromatic rings. The third kappa shape index (κ3) is 1.000. The van der Waals surface area contributed by atoms with E-state index in [1.807, 2.05) is 0 Å². The van der Waals surface area contributed by atoms with Crippen LogP contribution in [0.1, 0.15) is 8.44 Å². The van der Waals surface area contributed by atoms with E-state index in [1.165, 1.54) is 0 Å². The van der Waals surface area contributed by atoms with Crippen molar-refractivity contribution in [3.63, 3.8) is 0 Å². The lowest BCUT2D eigenvalue weighted by atomic mass is 10.4. The third-order valence-electron chi connectivity index (χ3n) is 0.705. The van der Waals surface area contributed by atoms with Crippen molar-refractivity contribution < 1.29 is 2.74 Å². The second kappa shape index (κ2) is 1.73. The number of aromatic nitrogens is 1. The van der Waals surface area contributed by atoms with E-state index in [-0.39, 0.29) is 12.2 Å². The van der Waals surface area contributed by atoms with E-state index in [4.69, 9.17) is 2.74 Å². The van der Waals surface area contributed by atoms with E-state index < -0.39 is 0 Å². The Bertz CT molecular complexity index is 222. The van der Waals surface area contributed by atoms with Gasteiger partial charge in [0.05, 0.1) is 2.74 Å². The van der Waals surface area contributed by atoms with Crippen molar-refractivity contribution in [1.29, 1.82) is 0 Å². The van der Waals surface area contributed by atoms with Gasteiger partial charge < -0.3 is 0 Å². The minimum absolute atomic E-state index is 0.0509. The summed E-state index contributed by atoms with van der Waals surface area (Å²) in [6, 6.07) is 3.48. The van der Waals surface area contributed by atoms with Crippen LogP contribution in [-0.4, -0.2) is 4.98 Å². The standard InChI is InChI=1S/C6H7N/c1-6-4-2-3-5-7-6/h2-5H,1H3/i3D,5D.